The lowest BCUT2D eigenvalue weighted by Crippen LogP contribution is -2.03. The van der Waals surface area contributed by atoms with Gasteiger partial charge in [0.25, 0.3) is 0 Å². The first-order chi connectivity index (χ1) is 4.70. The van der Waals surface area contributed by atoms with E-state index in [0.717, 1.165) is 11.2 Å². The van der Waals surface area contributed by atoms with Gasteiger partial charge in [0.1, 0.15) is 0 Å². The Hall–Kier alpha value is 0.350. The van der Waals surface area contributed by atoms with Crippen LogP contribution in [-0.2, 0) is 0 Å². The van der Waals surface area contributed by atoms with E-state index in [1.807, 2.05) is 0 Å². The minimum atomic E-state index is 0.861. The van der Waals surface area contributed by atoms with Crippen molar-refractivity contribution >= 4 is 11.8 Å². The summed E-state index contributed by atoms with van der Waals surface area (Å²) in [6, 6.07) is 0. The average molecular weight is 160 g/mol. The molecule has 0 rings (SSSR count). The summed E-state index contributed by atoms with van der Waals surface area (Å²) in [5.74, 6) is 2.17. The first-order valence-electron chi connectivity index (χ1n) is 4.32. The zero-order chi connectivity index (χ0) is 7.98. The molecule has 2 unspecified atom stereocenters. The summed E-state index contributed by atoms with van der Waals surface area (Å²) in [7, 11) is 0. The standard InChI is InChI=1S/C9H20S/c1-5-8(3)7-9(4)10-6-2/h8-9H,5-7H2,1-4H3. The molecular formula is C9H20S. The Morgan fingerprint density at radius 3 is 2.20 bits per heavy atom. The summed E-state index contributed by atoms with van der Waals surface area (Å²) < 4.78 is 0. The molecule has 2 atom stereocenters. The molecule has 62 valence electrons. The second-order valence-electron chi connectivity index (χ2n) is 3.02. The highest BCUT2D eigenvalue weighted by molar-refractivity contribution is 7.99. The topological polar surface area (TPSA) is 0 Å². The fourth-order valence-corrected chi connectivity index (χ4v) is 2.12. The SMILES string of the molecule is CCSC(C)CC(C)CC. The lowest BCUT2D eigenvalue weighted by molar-refractivity contribution is 0.516. The number of thioether (sulfide) groups is 1. The van der Waals surface area contributed by atoms with E-state index in [1.165, 1.54) is 18.6 Å². The molecule has 10 heavy (non-hydrogen) atoms. The normalized spacial score (nSPS) is 16.8. The van der Waals surface area contributed by atoms with Crippen molar-refractivity contribution in [2.45, 2.75) is 45.8 Å². The van der Waals surface area contributed by atoms with Crippen molar-refractivity contribution in [1.82, 2.24) is 0 Å². The van der Waals surface area contributed by atoms with Crippen LogP contribution in [0.25, 0.3) is 0 Å². The molecule has 0 bridgehead atoms. The van der Waals surface area contributed by atoms with Gasteiger partial charge in [0, 0.05) is 5.25 Å². The molecule has 0 radical (unpaired) electrons. The van der Waals surface area contributed by atoms with Crippen LogP contribution in [0.2, 0.25) is 0 Å². The summed E-state index contributed by atoms with van der Waals surface area (Å²) in [6.45, 7) is 9.18. The minimum absolute atomic E-state index is 0.861. The molecule has 0 fully saturated rings. The minimum Gasteiger partial charge on any atom is -0.159 e. The van der Waals surface area contributed by atoms with Crippen LogP contribution in [-0.4, -0.2) is 11.0 Å². The maximum atomic E-state index is 2.34. The Kier molecular flexibility index (Phi) is 6.30. The lowest BCUT2D eigenvalue weighted by atomic mass is 10.0. The molecule has 0 aromatic carbocycles. The molecule has 0 heterocycles. The molecule has 0 spiro atoms. The Bertz CT molecular complexity index is 71.1. The van der Waals surface area contributed by atoms with Crippen molar-refractivity contribution in [2.75, 3.05) is 5.75 Å². The average Bonchev–Trinajstić information content (AvgIpc) is 1.88. The smallest absolute Gasteiger partial charge is 0.00211 e. The van der Waals surface area contributed by atoms with Gasteiger partial charge >= 0.3 is 0 Å². The van der Waals surface area contributed by atoms with Gasteiger partial charge < -0.3 is 0 Å². The maximum Gasteiger partial charge on any atom is 0.00211 e. The van der Waals surface area contributed by atoms with Crippen LogP contribution >= 0.6 is 11.8 Å². The summed E-state index contributed by atoms with van der Waals surface area (Å²) in [5.41, 5.74) is 0. The van der Waals surface area contributed by atoms with Crippen LogP contribution in [0.15, 0.2) is 0 Å². The van der Waals surface area contributed by atoms with Crippen molar-refractivity contribution in [1.29, 1.82) is 0 Å². The first-order valence-corrected chi connectivity index (χ1v) is 5.37. The summed E-state index contributed by atoms with van der Waals surface area (Å²) in [4.78, 5) is 0. The van der Waals surface area contributed by atoms with Crippen LogP contribution < -0.4 is 0 Å². The molecular weight excluding hydrogens is 140 g/mol. The Labute approximate surface area is 69.8 Å². The van der Waals surface area contributed by atoms with E-state index >= 15 is 0 Å². The number of rotatable bonds is 5. The van der Waals surface area contributed by atoms with Crippen LogP contribution in [0, 0.1) is 5.92 Å². The van der Waals surface area contributed by atoms with Crippen LogP contribution in [0.4, 0.5) is 0 Å². The molecule has 0 aromatic heterocycles. The summed E-state index contributed by atoms with van der Waals surface area (Å²) >= 11 is 2.07. The highest BCUT2D eigenvalue weighted by Crippen LogP contribution is 2.19. The van der Waals surface area contributed by atoms with Gasteiger partial charge in [0.15, 0.2) is 0 Å². The summed E-state index contributed by atoms with van der Waals surface area (Å²) in [5, 5.41) is 0.861. The molecule has 0 N–H and O–H groups in total. The van der Waals surface area contributed by atoms with Gasteiger partial charge in [-0.1, -0.05) is 34.1 Å². The molecule has 0 nitrogen and oxygen atoms in total. The second-order valence-corrected chi connectivity index (χ2v) is 4.73. The van der Waals surface area contributed by atoms with E-state index in [2.05, 4.69) is 39.5 Å². The summed E-state index contributed by atoms with van der Waals surface area (Å²) in [6.07, 6.45) is 2.71. The molecule has 0 saturated heterocycles. The quantitative estimate of drug-likeness (QED) is 0.592. The molecule has 1 heteroatoms. The maximum absolute atomic E-state index is 2.34. The van der Waals surface area contributed by atoms with Gasteiger partial charge in [0.2, 0.25) is 0 Å². The molecule has 0 aliphatic rings. The monoisotopic (exact) mass is 160 g/mol. The van der Waals surface area contributed by atoms with Gasteiger partial charge in [-0.05, 0) is 18.1 Å². The second kappa shape index (κ2) is 6.09. The number of hydrogen-bond acceptors (Lipinski definition) is 1. The van der Waals surface area contributed by atoms with Crippen molar-refractivity contribution in [3.8, 4) is 0 Å². The van der Waals surface area contributed by atoms with Crippen molar-refractivity contribution in [3.05, 3.63) is 0 Å². The van der Waals surface area contributed by atoms with E-state index in [9.17, 15) is 0 Å². The fraction of sp³-hybridized carbons (Fsp3) is 1.00. The van der Waals surface area contributed by atoms with Crippen molar-refractivity contribution < 1.29 is 0 Å². The van der Waals surface area contributed by atoms with Gasteiger partial charge in [-0.15, -0.1) is 0 Å². The van der Waals surface area contributed by atoms with Crippen LogP contribution in [0.5, 0.6) is 0 Å². The largest absolute Gasteiger partial charge is 0.159 e. The molecule has 0 saturated carbocycles. The van der Waals surface area contributed by atoms with E-state index in [0.29, 0.717) is 0 Å². The van der Waals surface area contributed by atoms with Crippen LogP contribution in [0.1, 0.15) is 40.5 Å². The first kappa shape index (κ1) is 10.3. The Morgan fingerprint density at radius 2 is 1.80 bits per heavy atom. The van der Waals surface area contributed by atoms with E-state index < -0.39 is 0 Å². The third-order valence-electron chi connectivity index (χ3n) is 1.88. The molecule has 0 aliphatic heterocycles. The molecule has 0 amide bonds. The predicted octanol–water partition coefficient (Wildman–Crippen LogP) is 3.56. The van der Waals surface area contributed by atoms with Gasteiger partial charge in [-0.3, -0.25) is 0 Å². The Morgan fingerprint density at radius 1 is 1.20 bits per heavy atom. The highest BCUT2D eigenvalue weighted by atomic mass is 32.2. The van der Waals surface area contributed by atoms with Crippen LogP contribution in [0.3, 0.4) is 0 Å². The zero-order valence-corrected chi connectivity index (χ0v) is 8.50. The predicted molar refractivity (Wildman–Crippen MR) is 51.7 cm³/mol. The Balaban J connectivity index is 3.27. The molecule has 0 aliphatic carbocycles. The van der Waals surface area contributed by atoms with Crippen molar-refractivity contribution in [2.24, 2.45) is 5.92 Å². The lowest BCUT2D eigenvalue weighted by Gasteiger charge is -2.13. The van der Waals surface area contributed by atoms with Crippen molar-refractivity contribution in [3.63, 3.8) is 0 Å². The van der Waals surface area contributed by atoms with Gasteiger partial charge in [-0.25, -0.2) is 0 Å². The van der Waals surface area contributed by atoms with Gasteiger partial charge in [0.05, 0.1) is 0 Å². The van der Waals surface area contributed by atoms with E-state index in [1.54, 1.807) is 0 Å². The zero-order valence-electron chi connectivity index (χ0n) is 7.68. The van der Waals surface area contributed by atoms with E-state index in [4.69, 9.17) is 0 Å². The van der Waals surface area contributed by atoms with Gasteiger partial charge in [-0.2, -0.15) is 11.8 Å². The third-order valence-corrected chi connectivity index (χ3v) is 2.98. The van der Waals surface area contributed by atoms with E-state index in [-0.39, 0.29) is 0 Å². The third kappa shape index (κ3) is 5.16. The fourth-order valence-electron chi connectivity index (χ4n) is 1.09. The molecule has 0 aromatic rings. The highest BCUT2D eigenvalue weighted by Gasteiger charge is 2.05. The number of hydrogen-bond donors (Lipinski definition) is 0.